The van der Waals surface area contributed by atoms with Gasteiger partial charge in [-0.25, -0.2) is 0 Å². The van der Waals surface area contributed by atoms with Crippen LogP contribution in [-0.2, 0) is 11.3 Å². The van der Waals surface area contributed by atoms with E-state index >= 15 is 0 Å². The summed E-state index contributed by atoms with van der Waals surface area (Å²) in [5.74, 6) is 0. The SMILES string of the molecule is CCNCc1cnccc1N1CCOCC1CC. The van der Waals surface area contributed by atoms with Crippen LogP contribution in [0.25, 0.3) is 0 Å². The van der Waals surface area contributed by atoms with Gasteiger partial charge in [0, 0.05) is 36.7 Å². The Balaban J connectivity index is 2.19. The van der Waals surface area contributed by atoms with Crippen molar-refractivity contribution in [2.45, 2.75) is 32.9 Å². The highest BCUT2D eigenvalue weighted by Gasteiger charge is 2.23. The second-order valence-electron chi connectivity index (χ2n) is 4.62. The number of pyridine rings is 1. The molecule has 1 aromatic rings. The molecule has 1 saturated heterocycles. The molecule has 0 spiro atoms. The van der Waals surface area contributed by atoms with Crippen LogP contribution in [0.3, 0.4) is 0 Å². The zero-order valence-electron chi connectivity index (χ0n) is 11.4. The van der Waals surface area contributed by atoms with Crippen LogP contribution in [0.1, 0.15) is 25.8 Å². The lowest BCUT2D eigenvalue weighted by atomic mass is 10.1. The molecule has 0 amide bonds. The van der Waals surface area contributed by atoms with Gasteiger partial charge in [0.15, 0.2) is 0 Å². The van der Waals surface area contributed by atoms with Crippen LogP contribution in [0.15, 0.2) is 18.5 Å². The van der Waals surface area contributed by atoms with E-state index in [9.17, 15) is 0 Å². The minimum absolute atomic E-state index is 0.488. The second kappa shape index (κ2) is 6.71. The van der Waals surface area contributed by atoms with Gasteiger partial charge in [-0.05, 0) is 19.0 Å². The lowest BCUT2D eigenvalue weighted by Gasteiger charge is -2.38. The maximum Gasteiger partial charge on any atom is 0.0670 e. The molecule has 1 N–H and O–H groups in total. The molecule has 1 atom stereocenters. The van der Waals surface area contributed by atoms with Gasteiger partial charge in [-0.3, -0.25) is 4.98 Å². The first kappa shape index (κ1) is 13.3. The number of nitrogens with one attached hydrogen (secondary N) is 1. The van der Waals surface area contributed by atoms with E-state index in [4.69, 9.17) is 4.74 Å². The number of ether oxygens (including phenoxy) is 1. The standard InChI is InChI=1S/C14H23N3O/c1-3-13-11-18-8-7-17(13)14-5-6-16-10-12(14)9-15-4-2/h5-6,10,13,15H,3-4,7-9,11H2,1-2H3. The number of morpholine rings is 1. The van der Waals surface area contributed by atoms with Crippen molar-refractivity contribution in [3.8, 4) is 0 Å². The summed E-state index contributed by atoms with van der Waals surface area (Å²) in [6, 6.07) is 2.61. The van der Waals surface area contributed by atoms with Gasteiger partial charge in [0.05, 0.1) is 19.3 Å². The molecule has 2 rings (SSSR count). The first-order chi connectivity index (χ1) is 8.86. The molecule has 1 unspecified atom stereocenters. The highest BCUT2D eigenvalue weighted by atomic mass is 16.5. The summed E-state index contributed by atoms with van der Waals surface area (Å²) in [6.45, 7) is 8.83. The third-order valence-electron chi connectivity index (χ3n) is 3.45. The third-order valence-corrected chi connectivity index (χ3v) is 3.45. The summed E-state index contributed by atoms with van der Waals surface area (Å²) >= 11 is 0. The number of hydrogen-bond donors (Lipinski definition) is 1. The van der Waals surface area contributed by atoms with E-state index in [-0.39, 0.29) is 0 Å². The molecule has 0 aromatic carbocycles. The number of aromatic nitrogens is 1. The van der Waals surface area contributed by atoms with E-state index in [1.54, 1.807) is 0 Å². The van der Waals surface area contributed by atoms with Crippen LogP contribution in [0.4, 0.5) is 5.69 Å². The van der Waals surface area contributed by atoms with E-state index < -0.39 is 0 Å². The van der Waals surface area contributed by atoms with Gasteiger partial charge >= 0.3 is 0 Å². The summed E-state index contributed by atoms with van der Waals surface area (Å²) < 4.78 is 5.57. The molecular weight excluding hydrogens is 226 g/mol. The number of hydrogen-bond acceptors (Lipinski definition) is 4. The topological polar surface area (TPSA) is 37.4 Å². The maximum atomic E-state index is 5.57. The Labute approximate surface area is 109 Å². The van der Waals surface area contributed by atoms with Gasteiger partial charge in [0.1, 0.15) is 0 Å². The Bertz CT molecular complexity index is 370. The summed E-state index contributed by atoms with van der Waals surface area (Å²) in [7, 11) is 0. The van der Waals surface area contributed by atoms with Crippen LogP contribution < -0.4 is 10.2 Å². The van der Waals surface area contributed by atoms with Gasteiger partial charge in [-0.1, -0.05) is 13.8 Å². The van der Waals surface area contributed by atoms with Crippen molar-refractivity contribution in [3.05, 3.63) is 24.0 Å². The molecular formula is C14H23N3O. The van der Waals surface area contributed by atoms with Gasteiger partial charge in [0.25, 0.3) is 0 Å². The Kier molecular flexibility index (Phi) is 4.96. The van der Waals surface area contributed by atoms with Gasteiger partial charge in [-0.2, -0.15) is 0 Å². The molecule has 1 fully saturated rings. The molecule has 1 aliphatic rings. The minimum atomic E-state index is 0.488. The van der Waals surface area contributed by atoms with Crippen molar-refractivity contribution in [2.24, 2.45) is 0 Å². The monoisotopic (exact) mass is 249 g/mol. The summed E-state index contributed by atoms with van der Waals surface area (Å²) in [6.07, 6.45) is 4.97. The van der Waals surface area contributed by atoms with Gasteiger partial charge < -0.3 is 15.0 Å². The largest absolute Gasteiger partial charge is 0.377 e. The Morgan fingerprint density at radius 2 is 2.39 bits per heavy atom. The Morgan fingerprint density at radius 3 is 3.17 bits per heavy atom. The number of rotatable bonds is 5. The normalized spacial score (nSPS) is 20.1. The highest BCUT2D eigenvalue weighted by molar-refractivity contribution is 5.53. The molecule has 18 heavy (non-hydrogen) atoms. The average molecular weight is 249 g/mol. The van der Waals surface area contributed by atoms with E-state index in [0.717, 1.165) is 39.3 Å². The first-order valence-corrected chi connectivity index (χ1v) is 6.84. The highest BCUT2D eigenvalue weighted by Crippen LogP contribution is 2.24. The lowest BCUT2D eigenvalue weighted by molar-refractivity contribution is 0.0929. The fraction of sp³-hybridized carbons (Fsp3) is 0.643. The zero-order valence-corrected chi connectivity index (χ0v) is 11.4. The predicted molar refractivity (Wildman–Crippen MR) is 73.9 cm³/mol. The van der Waals surface area contributed by atoms with Crippen molar-refractivity contribution in [3.63, 3.8) is 0 Å². The Hall–Kier alpha value is -1.13. The van der Waals surface area contributed by atoms with Crippen molar-refractivity contribution in [1.82, 2.24) is 10.3 Å². The quantitative estimate of drug-likeness (QED) is 0.863. The Morgan fingerprint density at radius 1 is 1.50 bits per heavy atom. The molecule has 100 valence electrons. The lowest BCUT2D eigenvalue weighted by Crippen LogP contribution is -2.45. The predicted octanol–water partition coefficient (Wildman–Crippen LogP) is 1.81. The molecule has 0 bridgehead atoms. The molecule has 1 aliphatic heterocycles. The van der Waals surface area contributed by atoms with E-state index in [1.165, 1.54) is 11.3 Å². The van der Waals surface area contributed by atoms with E-state index in [2.05, 4.69) is 35.1 Å². The van der Waals surface area contributed by atoms with Gasteiger partial charge in [-0.15, -0.1) is 0 Å². The summed E-state index contributed by atoms with van der Waals surface area (Å²) in [5, 5.41) is 3.38. The molecule has 0 aliphatic carbocycles. The summed E-state index contributed by atoms with van der Waals surface area (Å²) in [5.41, 5.74) is 2.58. The molecule has 2 heterocycles. The van der Waals surface area contributed by atoms with Crippen molar-refractivity contribution >= 4 is 5.69 Å². The maximum absolute atomic E-state index is 5.57. The van der Waals surface area contributed by atoms with Crippen LogP contribution in [0.2, 0.25) is 0 Å². The fourth-order valence-electron chi connectivity index (χ4n) is 2.41. The molecule has 0 radical (unpaired) electrons. The third kappa shape index (κ3) is 3.00. The average Bonchev–Trinajstić information content (AvgIpc) is 2.45. The molecule has 0 saturated carbocycles. The van der Waals surface area contributed by atoms with Crippen molar-refractivity contribution < 1.29 is 4.74 Å². The second-order valence-corrected chi connectivity index (χ2v) is 4.62. The van der Waals surface area contributed by atoms with E-state index in [0.29, 0.717) is 6.04 Å². The van der Waals surface area contributed by atoms with Crippen LogP contribution in [0, 0.1) is 0 Å². The zero-order chi connectivity index (χ0) is 12.8. The van der Waals surface area contributed by atoms with Crippen LogP contribution >= 0.6 is 0 Å². The minimum Gasteiger partial charge on any atom is -0.377 e. The fourth-order valence-corrected chi connectivity index (χ4v) is 2.41. The van der Waals surface area contributed by atoms with Crippen molar-refractivity contribution in [1.29, 1.82) is 0 Å². The first-order valence-electron chi connectivity index (χ1n) is 6.84. The molecule has 1 aromatic heterocycles. The van der Waals surface area contributed by atoms with Crippen molar-refractivity contribution in [2.75, 3.05) is 31.2 Å². The van der Waals surface area contributed by atoms with Crippen LogP contribution in [-0.4, -0.2) is 37.3 Å². The van der Waals surface area contributed by atoms with E-state index in [1.807, 2.05) is 12.4 Å². The number of nitrogens with zero attached hydrogens (tertiary/aromatic N) is 2. The van der Waals surface area contributed by atoms with Crippen LogP contribution in [0.5, 0.6) is 0 Å². The smallest absolute Gasteiger partial charge is 0.0670 e. The number of anilines is 1. The summed E-state index contributed by atoms with van der Waals surface area (Å²) in [4.78, 5) is 6.72. The molecule has 4 heteroatoms. The molecule has 4 nitrogen and oxygen atoms in total. The van der Waals surface area contributed by atoms with Gasteiger partial charge in [0.2, 0.25) is 0 Å².